The van der Waals surface area contributed by atoms with Gasteiger partial charge in [-0.05, 0) is 38.4 Å². The van der Waals surface area contributed by atoms with Crippen LogP contribution in [0.4, 0.5) is 0 Å². The number of ether oxygens (including phenoxy) is 2. The number of carbonyl (C=O) groups is 1. The van der Waals surface area contributed by atoms with Gasteiger partial charge >= 0.3 is 5.97 Å². The standard InChI is InChI=1S/C14H20ClNO3/c1-14(2,13(17)18-3)9-19-12-10(7-8-16)5-4-6-11(12)15/h4-6H,7-9,16H2,1-3H3. The average molecular weight is 286 g/mol. The molecule has 106 valence electrons. The summed E-state index contributed by atoms with van der Waals surface area (Å²) in [6.07, 6.45) is 0.675. The lowest BCUT2D eigenvalue weighted by molar-refractivity contribution is -0.152. The third-order valence-corrected chi connectivity index (χ3v) is 3.08. The minimum absolute atomic E-state index is 0.195. The molecule has 0 fully saturated rings. The summed E-state index contributed by atoms with van der Waals surface area (Å²) in [7, 11) is 1.36. The van der Waals surface area contributed by atoms with E-state index in [1.165, 1.54) is 7.11 Å². The first-order valence-corrected chi connectivity index (χ1v) is 6.49. The molecular formula is C14H20ClNO3. The van der Waals surface area contributed by atoms with Gasteiger partial charge in [0.25, 0.3) is 0 Å². The molecule has 0 radical (unpaired) electrons. The molecule has 1 aromatic rings. The van der Waals surface area contributed by atoms with Crippen LogP contribution in [0.1, 0.15) is 19.4 Å². The highest BCUT2D eigenvalue weighted by Crippen LogP contribution is 2.30. The monoisotopic (exact) mass is 285 g/mol. The van der Waals surface area contributed by atoms with Gasteiger partial charge in [0.15, 0.2) is 0 Å². The molecule has 0 unspecified atom stereocenters. The molecule has 5 heteroatoms. The largest absolute Gasteiger partial charge is 0.491 e. The van der Waals surface area contributed by atoms with Crippen molar-refractivity contribution in [2.75, 3.05) is 20.3 Å². The molecule has 0 spiro atoms. The summed E-state index contributed by atoms with van der Waals surface area (Å²) in [6.45, 7) is 4.23. The van der Waals surface area contributed by atoms with E-state index in [9.17, 15) is 4.79 Å². The van der Waals surface area contributed by atoms with Crippen LogP contribution in [0.3, 0.4) is 0 Å². The van der Waals surface area contributed by atoms with Crippen LogP contribution in [-0.4, -0.2) is 26.2 Å². The molecular weight excluding hydrogens is 266 g/mol. The Hall–Kier alpha value is -1.26. The highest BCUT2D eigenvalue weighted by molar-refractivity contribution is 6.32. The fourth-order valence-corrected chi connectivity index (χ4v) is 1.90. The molecule has 4 nitrogen and oxygen atoms in total. The Labute approximate surface area is 118 Å². The first kappa shape index (κ1) is 15.8. The van der Waals surface area contributed by atoms with E-state index < -0.39 is 5.41 Å². The van der Waals surface area contributed by atoms with E-state index in [0.29, 0.717) is 23.7 Å². The van der Waals surface area contributed by atoms with Crippen LogP contribution >= 0.6 is 11.6 Å². The Balaban J connectivity index is 2.85. The van der Waals surface area contributed by atoms with Crippen molar-refractivity contribution in [3.8, 4) is 5.75 Å². The van der Waals surface area contributed by atoms with Crippen LogP contribution in [0.2, 0.25) is 5.02 Å². The molecule has 0 saturated carbocycles. The molecule has 0 saturated heterocycles. The zero-order chi connectivity index (χ0) is 14.5. The average Bonchev–Trinajstić information content (AvgIpc) is 2.37. The fourth-order valence-electron chi connectivity index (χ4n) is 1.66. The minimum Gasteiger partial charge on any atom is -0.491 e. The second-order valence-corrected chi connectivity index (χ2v) is 5.34. The SMILES string of the molecule is COC(=O)C(C)(C)COc1c(Cl)cccc1CCN. The second kappa shape index (κ2) is 6.78. The van der Waals surface area contributed by atoms with E-state index in [4.69, 9.17) is 26.8 Å². The normalized spacial score (nSPS) is 11.2. The van der Waals surface area contributed by atoms with Gasteiger partial charge in [-0.15, -0.1) is 0 Å². The third-order valence-electron chi connectivity index (χ3n) is 2.78. The van der Waals surface area contributed by atoms with Crippen molar-refractivity contribution < 1.29 is 14.3 Å². The lowest BCUT2D eigenvalue weighted by Crippen LogP contribution is -2.32. The van der Waals surface area contributed by atoms with Crippen LogP contribution in [0.5, 0.6) is 5.75 Å². The van der Waals surface area contributed by atoms with Gasteiger partial charge in [0.05, 0.1) is 17.5 Å². The number of benzene rings is 1. The molecule has 0 aliphatic carbocycles. The third kappa shape index (κ3) is 4.11. The molecule has 1 rings (SSSR count). The van der Waals surface area contributed by atoms with Crippen LogP contribution in [0, 0.1) is 5.41 Å². The van der Waals surface area contributed by atoms with Crippen molar-refractivity contribution >= 4 is 17.6 Å². The maximum atomic E-state index is 11.6. The van der Waals surface area contributed by atoms with Crippen LogP contribution in [0.15, 0.2) is 18.2 Å². The van der Waals surface area contributed by atoms with Crippen LogP contribution in [-0.2, 0) is 16.0 Å². The van der Waals surface area contributed by atoms with Gasteiger partial charge < -0.3 is 15.2 Å². The fraction of sp³-hybridized carbons (Fsp3) is 0.500. The number of rotatable bonds is 6. The van der Waals surface area contributed by atoms with Crippen LogP contribution in [0.25, 0.3) is 0 Å². The Morgan fingerprint density at radius 1 is 1.42 bits per heavy atom. The van der Waals surface area contributed by atoms with Crippen LogP contribution < -0.4 is 10.5 Å². The molecule has 1 aromatic carbocycles. The van der Waals surface area contributed by atoms with Gasteiger partial charge in [-0.25, -0.2) is 0 Å². The first-order chi connectivity index (χ1) is 8.92. The number of methoxy groups -OCH3 is 1. The number of para-hydroxylation sites is 1. The molecule has 0 aliphatic heterocycles. The van der Waals surface area contributed by atoms with E-state index in [-0.39, 0.29) is 12.6 Å². The number of halogens is 1. The number of hydrogen-bond donors (Lipinski definition) is 1. The van der Waals surface area contributed by atoms with Crippen molar-refractivity contribution in [3.05, 3.63) is 28.8 Å². The Kier molecular flexibility index (Phi) is 5.63. The van der Waals surface area contributed by atoms with Gasteiger partial charge in [0, 0.05) is 0 Å². The maximum Gasteiger partial charge on any atom is 0.314 e. The van der Waals surface area contributed by atoms with Gasteiger partial charge in [-0.3, -0.25) is 4.79 Å². The molecule has 2 N–H and O–H groups in total. The van der Waals surface area contributed by atoms with Gasteiger partial charge in [-0.1, -0.05) is 23.7 Å². The highest BCUT2D eigenvalue weighted by atomic mass is 35.5. The van der Waals surface area contributed by atoms with Gasteiger partial charge in [0.1, 0.15) is 12.4 Å². The number of hydrogen-bond acceptors (Lipinski definition) is 4. The molecule has 0 bridgehead atoms. The maximum absolute atomic E-state index is 11.6. The zero-order valence-electron chi connectivity index (χ0n) is 11.5. The zero-order valence-corrected chi connectivity index (χ0v) is 12.3. The summed E-state index contributed by atoms with van der Waals surface area (Å²) in [4.78, 5) is 11.6. The molecule has 0 aromatic heterocycles. The smallest absolute Gasteiger partial charge is 0.314 e. The Morgan fingerprint density at radius 3 is 2.68 bits per heavy atom. The van der Waals surface area contributed by atoms with Crippen molar-refractivity contribution in [1.82, 2.24) is 0 Å². The van der Waals surface area contributed by atoms with Gasteiger partial charge in [-0.2, -0.15) is 0 Å². The van der Waals surface area contributed by atoms with Crippen molar-refractivity contribution in [1.29, 1.82) is 0 Å². The lowest BCUT2D eigenvalue weighted by atomic mass is 9.95. The Bertz CT molecular complexity index is 446. The van der Waals surface area contributed by atoms with E-state index in [0.717, 1.165) is 5.56 Å². The quantitative estimate of drug-likeness (QED) is 0.816. The predicted octanol–water partition coefficient (Wildman–Crippen LogP) is 2.42. The first-order valence-electron chi connectivity index (χ1n) is 6.11. The molecule has 0 amide bonds. The van der Waals surface area contributed by atoms with E-state index >= 15 is 0 Å². The lowest BCUT2D eigenvalue weighted by Gasteiger charge is -2.23. The summed E-state index contributed by atoms with van der Waals surface area (Å²) in [6, 6.07) is 5.52. The second-order valence-electron chi connectivity index (χ2n) is 4.93. The topological polar surface area (TPSA) is 61.5 Å². The molecule has 19 heavy (non-hydrogen) atoms. The van der Waals surface area contributed by atoms with Crippen molar-refractivity contribution in [2.24, 2.45) is 11.1 Å². The summed E-state index contributed by atoms with van der Waals surface area (Å²) in [5, 5.41) is 0.520. The molecule has 0 heterocycles. The van der Waals surface area contributed by atoms with E-state index in [1.54, 1.807) is 19.9 Å². The summed E-state index contributed by atoms with van der Waals surface area (Å²) in [5.41, 5.74) is 5.77. The Morgan fingerprint density at radius 2 is 2.11 bits per heavy atom. The number of nitrogens with two attached hydrogens (primary N) is 1. The number of carbonyl (C=O) groups excluding carboxylic acids is 1. The van der Waals surface area contributed by atoms with Gasteiger partial charge in [0.2, 0.25) is 0 Å². The number of esters is 1. The molecule has 0 atom stereocenters. The van der Waals surface area contributed by atoms with E-state index in [2.05, 4.69) is 0 Å². The predicted molar refractivity (Wildman–Crippen MR) is 75.5 cm³/mol. The summed E-state index contributed by atoms with van der Waals surface area (Å²) in [5.74, 6) is 0.270. The van der Waals surface area contributed by atoms with Crippen molar-refractivity contribution in [2.45, 2.75) is 20.3 Å². The van der Waals surface area contributed by atoms with Crippen molar-refractivity contribution in [3.63, 3.8) is 0 Å². The summed E-state index contributed by atoms with van der Waals surface area (Å²) < 4.78 is 10.5. The van der Waals surface area contributed by atoms with E-state index in [1.807, 2.05) is 12.1 Å². The minimum atomic E-state index is -0.728. The molecule has 0 aliphatic rings. The summed E-state index contributed by atoms with van der Waals surface area (Å²) >= 11 is 6.13. The highest BCUT2D eigenvalue weighted by Gasteiger charge is 2.30.